The van der Waals surface area contributed by atoms with Crippen LogP contribution in [0.2, 0.25) is 10.0 Å². The zero-order valence-electron chi connectivity index (χ0n) is 11.4. The SMILES string of the molecule is C[C@H]1c2ccccc2CN1C(=O)Nc1c(Cl)cccc1Cl. The molecule has 108 valence electrons. The molecule has 1 heterocycles. The molecule has 2 aromatic carbocycles. The van der Waals surface area contributed by atoms with E-state index in [-0.39, 0.29) is 12.1 Å². The molecule has 21 heavy (non-hydrogen) atoms. The van der Waals surface area contributed by atoms with Crippen molar-refractivity contribution in [3.63, 3.8) is 0 Å². The summed E-state index contributed by atoms with van der Waals surface area (Å²) in [6.07, 6.45) is 0. The molecule has 1 atom stereocenters. The summed E-state index contributed by atoms with van der Waals surface area (Å²) in [5.74, 6) is 0. The molecule has 0 aliphatic carbocycles. The Bertz CT molecular complexity index is 682. The second kappa shape index (κ2) is 5.58. The lowest BCUT2D eigenvalue weighted by Crippen LogP contribution is -2.32. The molecule has 1 aliphatic heterocycles. The van der Waals surface area contributed by atoms with Crippen molar-refractivity contribution in [3.8, 4) is 0 Å². The average Bonchev–Trinajstić information content (AvgIpc) is 2.81. The number of amides is 2. The standard InChI is InChI=1S/C16H14Cl2N2O/c1-10-12-6-3-2-5-11(12)9-20(10)16(21)19-15-13(17)7-4-8-14(15)18/h2-8,10H,9H2,1H3,(H,19,21)/t10-/m0/s1. The lowest BCUT2D eigenvalue weighted by Gasteiger charge is -2.23. The zero-order valence-corrected chi connectivity index (χ0v) is 12.9. The van der Waals surface area contributed by atoms with E-state index >= 15 is 0 Å². The number of anilines is 1. The van der Waals surface area contributed by atoms with Crippen molar-refractivity contribution in [2.75, 3.05) is 5.32 Å². The average molecular weight is 321 g/mol. The number of para-hydroxylation sites is 1. The topological polar surface area (TPSA) is 32.3 Å². The fourth-order valence-corrected chi connectivity index (χ4v) is 3.11. The molecular formula is C16H14Cl2N2O. The van der Waals surface area contributed by atoms with E-state index in [1.165, 1.54) is 11.1 Å². The minimum atomic E-state index is -0.200. The van der Waals surface area contributed by atoms with E-state index in [0.29, 0.717) is 22.3 Å². The summed E-state index contributed by atoms with van der Waals surface area (Å²) in [4.78, 5) is 14.3. The van der Waals surface area contributed by atoms with Gasteiger partial charge in [-0.2, -0.15) is 0 Å². The van der Waals surface area contributed by atoms with Crippen molar-refractivity contribution < 1.29 is 4.79 Å². The summed E-state index contributed by atoms with van der Waals surface area (Å²) in [5, 5.41) is 3.67. The summed E-state index contributed by atoms with van der Waals surface area (Å²) < 4.78 is 0. The van der Waals surface area contributed by atoms with E-state index in [4.69, 9.17) is 23.2 Å². The number of urea groups is 1. The monoisotopic (exact) mass is 320 g/mol. The number of carbonyl (C=O) groups is 1. The molecule has 2 aromatic rings. The van der Waals surface area contributed by atoms with Gasteiger partial charge in [-0.05, 0) is 30.2 Å². The number of hydrogen-bond acceptors (Lipinski definition) is 1. The maximum Gasteiger partial charge on any atom is 0.322 e. The minimum absolute atomic E-state index is 0.0301. The molecule has 2 amide bonds. The van der Waals surface area contributed by atoms with Crippen LogP contribution in [0.15, 0.2) is 42.5 Å². The summed E-state index contributed by atoms with van der Waals surface area (Å²) >= 11 is 12.2. The van der Waals surface area contributed by atoms with Gasteiger partial charge in [-0.3, -0.25) is 0 Å². The second-order valence-electron chi connectivity index (χ2n) is 5.03. The van der Waals surface area contributed by atoms with Crippen LogP contribution in [-0.2, 0) is 6.54 Å². The highest BCUT2D eigenvalue weighted by Crippen LogP contribution is 2.35. The van der Waals surface area contributed by atoms with Crippen molar-refractivity contribution in [3.05, 3.63) is 63.6 Å². The zero-order chi connectivity index (χ0) is 15.0. The van der Waals surface area contributed by atoms with Gasteiger partial charge in [0, 0.05) is 6.54 Å². The highest BCUT2D eigenvalue weighted by molar-refractivity contribution is 6.39. The summed E-state index contributed by atoms with van der Waals surface area (Å²) in [5.41, 5.74) is 2.80. The molecule has 1 N–H and O–H groups in total. The highest BCUT2D eigenvalue weighted by atomic mass is 35.5. The Morgan fingerprint density at radius 1 is 1.14 bits per heavy atom. The molecule has 1 aliphatic rings. The molecule has 0 bridgehead atoms. The third kappa shape index (κ3) is 2.59. The van der Waals surface area contributed by atoms with Gasteiger partial charge in [0.25, 0.3) is 0 Å². The highest BCUT2D eigenvalue weighted by Gasteiger charge is 2.30. The number of nitrogens with one attached hydrogen (secondary N) is 1. The van der Waals surface area contributed by atoms with Gasteiger partial charge in [0.15, 0.2) is 0 Å². The van der Waals surface area contributed by atoms with Crippen molar-refractivity contribution in [2.45, 2.75) is 19.5 Å². The third-order valence-corrected chi connectivity index (χ3v) is 4.40. The van der Waals surface area contributed by atoms with Gasteiger partial charge in [0.1, 0.15) is 0 Å². The Kier molecular flexibility index (Phi) is 3.79. The van der Waals surface area contributed by atoms with Crippen LogP contribution in [-0.4, -0.2) is 10.9 Å². The van der Waals surface area contributed by atoms with Crippen LogP contribution in [0.25, 0.3) is 0 Å². The van der Waals surface area contributed by atoms with E-state index < -0.39 is 0 Å². The third-order valence-electron chi connectivity index (χ3n) is 3.77. The first-order valence-electron chi connectivity index (χ1n) is 6.67. The van der Waals surface area contributed by atoms with Gasteiger partial charge in [-0.15, -0.1) is 0 Å². The molecule has 0 saturated heterocycles. The molecular weight excluding hydrogens is 307 g/mol. The molecule has 0 spiro atoms. The lowest BCUT2D eigenvalue weighted by atomic mass is 10.1. The number of carbonyl (C=O) groups excluding carboxylic acids is 1. The fraction of sp³-hybridized carbons (Fsp3) is 0.188. The summed E-state index contributed by atoms with van der Waals surface area (Å²) in [6, 6.07) is 13.0. The Morgan fingerprint density at radius 2 is 1.81 bits per heavy atom. The second-order valence-corrected chi connectivity index (χ2v) is 5.84. The van der Waals surface area contributed by atoms with Crippen LogP contribution in [0.4, 0.5) is 10.5 Å². The Morgan fingerprint density at radius 3 is 2.48 bits per heavy atom. The van der Waals surface area contributed by atoms with Crippen molar-refractivity contribution in [2.24, 2.45) is 0 Å². The molecule has 0 unspecified atom stereocenters. The van der Waals surface area contributed by atoms with Crippen LogP contribution in [0.3, 0.4) is 0 Å². The molecule has 3 nitrogen and oxygen atoms in total. The molecule has 0 radical (unpaired) electrons. The number of nitrogens with zero attached hydrogens (tertiary/aromatic N) is 1. The largest absolute Gasteiger partial charge is 0.322 e. The lowest BCUT2D eigenvalue weighted by molar-refractivity contribution is 0.199. The van der Waals surface area contributed by atoms with Crippen molar-refractivity contribution in [1.29, 1.82) is 0 Å². The van der Waals surface area contributed by atoms with Gasteiger partial charge in [-0.25, -0.2) is 4.79 Å². The van der Waals surface area contributed by atoms with Gasteiger partial charge in [0.2, 0.25) is 0 Å². The Balaban J connectivity index is 1.82. The van der Waals surface area contributed by atoms with E-state index in [1.807, 2.05) is 25.1 Å². The van der Waals surface area contributed by atoms with E-state index in [9.17, 15) is 4.79 Å². The Hall–Kier alpha value is -1.71. The van der Waals surface area contributed by atoms with Crippen LogP contribution < -0.4 is 5.32 Å². The number of fused-ring (bicyclic) bond motifs is 1. The van der Waals surface area contributed by atoms with Crippen LogP contribution in [0, 0.1) is 0 Å². The molecule has 3 rings (SSSR count). The number of benzene rings is 2. The first-order chi connectivity index (χ1) is 10.1. The normalized spacial score (nSPS) is 16.7. The molecule has 0 fully saturated rings. The molecule has 0 saturated carbocycles. The summed E-state index contributed by atoms with van der Waals surface area (Å²) in [6.45, 7) is 2.60. The maximum absolute atomic E-state index is 12.5. The first kappa shape index (κ1) is 14.2. The minimum Gasteiger partial charge on any atom is -0.313 e. The van der Waals surface area contributed by atoms with E-state index in [2.05, 4.69) is 11.4 Å². The van der Waals surface area contributed by atoms with Crippen LogP contribution >= 0.6 is 23.2 Å². The predicted octanol–water partition coefficient (Wildman–Crippen LogP) is 5.10. The van der Waals surface area contributed by atoms with E-state index in [1.54, 1.807) is 23.1 Å². The first-order valence-corrected chi connectivity index (χ1v) is 7.43. The number of rotatable bonds is 1. The smallest absolute Gasteiger partial charge is 0.313 e. The maximum atomic E-state index is 12.5. The number of hydrogen-bond donors (Lipinski definition) is 1. The molecule has 5 heteroatoms. The van der Waals surface area contributed by atoms with Gasteiger partial charge in [-0.1, -0.05) is 53.5 Å². The quantitative estimate of drug-likeness (QED) is 0.778. The fourth-order valence-electron chi connectivity index (χ4n) is 2.62. The summed E-state index contributed by atoms with van der Waals surface area (Å²) in [7, 11) is 0. The van der Waals surface area contributed by atoms with Gasteiger partial charge >= 0.3 is 6.03 Å². The van der Waals surface area contributed by atoms with E-state index in [0.717, 1.165) is 0 Å². The van der Waals surface area contributed by atoms with Crippen LogP contribution in [0.5, 0.6) is 0 Å². The van der Waals surface area contributed by atoms with Crippen molar-refractivity contribution >= 4 is 34.9 Å². The van der Waals surface area contributed by atoms with Gasteiger partial charge < -0.3 is 10.2 Å². The Labute approximate surface area is 133 Å². The predicted molar refractivity (Wildman–Crippen MR) is 85.9 cm³/mol. The van der Waals surface area contributed by atoms with Gasteiger partial charge in [0.05, 0.1) is 21.8 Å². The van der Waals surface area contributed by atoms with Crippen LogP contribution in [0.1, 0.15) is 24.1 Å². The number of halogens is 2. The van der Waals surface area contributed by atoms with Crippen molar-refractivity contribution in [1.82, 2.24) is 4.90 Å². The molecule has 0 aromatic heterocycles.